The summed E-state index contributed by atoms with van der Waals surface area (Å²) in [6.45, 7) is 4.05. The summed E-state index contributed by atoms with van der Waals surface area (Å²) in [5.74, 6) is 0.657. The van der Waals surface area contributed by atoms with E-state index in [0.717, 1.165) is 37.2 Å². The van der Waals surface area contributed by atoms with Crippen LogP contribution in [-0.4, -0.2) is 18.0 Å². The number of halogens is 1. The Kier molecular flexibility index (Phi) is 4.80. The molecule has 0 aromatic heterocycles. The van der Waals surface area contributed by atoms with Crippen LogP contribution < -0.4 is 4.90 Å². The molecular formula is C14H19BrN2O2. The molecule has 2 rings (SSSR count). The van der Waals surface area contributed by atoms with Crippen LogP contribution in [0.3, 0.4) is 0 Å². The van der Waals surface area contributed by atoms with Crippen molar-refractivity contribution in [2.75, 3.05) is 18.0 Å². The highest BCUT2D eigenvalue weighted by molar-refractivity contribution is 9.08. The quantitative estimate of drug-likeness (QED) is 0.475. The summed E-state index contributed by atoms with van der Waals surface area (Å²) in [5, 5.41) is 11.9. The predicted molar refractivity (Wildman–Crippen MR) is 81.0 cm³/mol. The zero-order valence-corrected chi connectivity index (χ0v) is 12.7. The maximum absolute atomic E-state index is 11.2. The van der Waals surface area contributed by atoms with Gasteiger partial charge >= 0.3 is 0 Å². The van der Waals surface area contributed by atoms with Gasteiger partial charge in [-0.2, -0.15) is 0 Å². The Morgan fingerprint density at radius 3 is 2.95 bits per heavy atom. The molecule has 0 aliphatic carbocycles. The van der Waals surface area contributed by atoms with Crippen LogP contribution in [0.15, 0.2) is 18.2 Å². The normalized spacial score (nSPS) is 19.5. The van der Waals surface area contributed by atoms with Crippen molar-refractivity contribution in [2.45, 2.75) is 31.5 Å². The summed E-state index contributed by atoms with van der Waals surface area (Å²) in [6.07, 6.45) is 3.50. The van der Waals surface area contributed by atoms with Gasteiger partial charge < -0.3 is 4.90 Å². The highest BCUT2D eigenvalue weighted by Crippen LogP contribution is 2.33. The van der Waals surface area contributed by atoms with E-state index in [9.17, 15) is 10.1 Å². The van der Waals surface area contributed by atoms with Crippen molar-refractivity contribution in [2.24, 2.45) is 5.92 Å². The summed E-state index contributed by atoms with van der Waals surface area (Å²) < 4.78 is 0. The number of hydrogen-bond acceptors (Lipinski definition) is 3. The minimum absolute atomic E-state index is 0.230. The van der Waals surface area contributed by atoms with Crippen molar-refractivity contribution >= 4 is 27.3 Å². The van der Waals surface area contributed by atoms with Crippen molar-refractivity contribution in [3.05, 3.63) is 33.9 Å². The van der Waals surface area contributed by atoms with Gasteiger partial charge in [-0.15, -0.1) is 0 Å². The Morgan fingerprint density at radius 2 is 2.32 bits per heavy atom. The molecule has 1 aliphatic heterocycles. The van der Waals surface area contributed by atoms with E-state index in [1.165, 1.54) is 6.42 Å². The molecule has 1 fully saturated rings. The van der Waals surface area contributed by atoms with E-state index in [2.05, 4.69) is 27.8 Å². The minimum atomic E-state index is -0.267. The third-order valence-corrected chi connectivity index (χ3v) is 4.48. The summed E-state index contributed by atoms with van der Waals surface area (Å²) >= 11 is 3.35. The van der Waals surface area contributed by atoms with Gasteiger partial charge in [0, 0.05) is 24.5 Å². The van der Waals surface area contributed by atoms with E-state index in [-0.39, 0.29) is 10.6 Å². The van der Waals surface area contributed by atoms with Crippen molar-refractivity contribution < 1.29 is 4.92 Å². The average molecular weight is 327 g/mol. The Balaban J connectivity index is 2.30. The number of anilines is 1. The molecule has 1 atom stereocenters. The molecule has 0 radical (unpaired) electrons. The first-order chi connectivity index (χ1) is 9.15. The highest BCUT2D eigenvalue weighted by atomic mass is 79.9. The topological polar surface area (TPSA) is 46.4 Å². The van der Waals surface area contributed by atoms with Crippen molar-refractivity contribution in [3.63, 3.8) is 0 Å². The van der Waals surface area contributed by atoms with Crippen LogP contribution in [0.25, 0.3) is 0 Å². The van der Waals surface area contributed by atoms with Crippen LogP contribution in [-0.2, 0) is 5.33 Å². The number of piperidine rings is 1. The van der Waals surface area contributed by atoms with Crippen LogP contribution in [0.4, 0.5) is 11.4 Å². The first-order valence-corrected chi connectivity index (χ1v) is 7.86. The maximum Gasteiger partial charge on any atom is 0.292 e. The third kappa shape index (κ3) is 3.26. The van der Waals surface area contributed by atoms with Crippen LogP contribution in [0.1, 0.15) is 31.7 Å². The van der Waals surface area contributed by atoms with E-state index in [4.69, 9.17) is 0 Å². The minimum Gasteiger partial charge on any atom is -0.366 e. The molecule has 1 saturated heterocycles. The van der Waals surface area contributed by atoms with E-state index in [1.807, 2.05) is 12.1 Å². The number of nitro benzene ring substituents is 1. The van der Waals surface area contributed by atoms with Gasteiger partial charge in [0.25, 0.3) is 5.69 Å². The fourth-order valence-electron chi connectivity index (χ4n) is 2.68. The standard InChI is InChI=1S/C14H19BrN2O2/c1-2-11-4-3-7-16(10-11)13-6-5-12(9-15)8-14(13)17(18)19/h5-6,8,11H,2-4,7,9-10H2,1H3. The van der Waals surface area contributed by atoms with Gasteiger partial charge in [-0.25, -0.2) is 0 Å². The lowest BCUT2D eigenvalue weighted by Crippen LogP contribution is -2.35. The van der Waals surface area contributed by atoms with Gasteiger partial charge in [0.2, 0.25) is 0 Å². The average Bonchev–Trinajstić information content (AvgIpc) is 2.46. The van der Waals surface area contributed by atoms with E-state index in [1.54, 1.807) is 6.07 Å². The van der Waals surface area contributed by atoms with Crippen molar-refractivity contribution in [1.82, 2.24) is 0 Å². The lowest BCUT2D eigenvalue weighted by atomic mass is 9.95. The van der Waals surface area contributed by atoms with Crippen molar-refractivity contribution in [3.8, 4) is 0 Å². The van der Waals surface area contributed by atoms with Crippen LogP contribution in [0.5, 0.6) is 0 Å². The fourth-order valence-corrected chi connectivity index (χ4v) is 3.03. The number of hydrogen-bond donors (Lipinski definition) is 0. The molecule has 0 bridgehead atoms. The lowest BCUT2D eigenvalue weighted by Gasteiger charge is -2.33. The molecule has 0 amide bonds. The molecule has 0 spiro atoms. The van der Waals surface area contributed by atoms with Gasteiger partial charge in [-0.1, -0.05) is 35.3 Å². The molecule has 1 heterocycles. The van der Waals surface area contributed by atoms with Gasteiger partial charge in [0.05, 0.1) is 4.92 Å². The molecule has 0 N–H and O–H groups in total. The molecule has 1 aliphatic rings. The van der Waals surface area contributed by atoms with Crippen LogP contribution in [0, 0.1) is 16.0 Å². The molecular weight excluding hydrogens is 308 g/mol. The number of alkyl halides is 1. The van der Waals surface area contributed by atoms with E-state index < -0.39 is 0 Å². The maximum atomic E-state index is 11.2. The summed E-state index contributed by atoms with van der Waals surface area (Å²) in [4.78, 5) is 13.2. The number of nitro groups is 1. The molecule has 1 aromatic rings. The first kappa shape index (κ1) is 14.3. The molecule has 4 nitrogen and oxygen atoms in total. The van der Waals surface area contributed by atoms with Gasteiger partial charge in [0.1, 0.15) is 5.69 Å². The Labute approximate surface area is 122 Å². The van der Waals surface area contributed by atoms with Gasteiger partial charge in [-0.3, -0.25) is 10.1 Å². The SMILES string of the molecule is CCC1CCCN(c2ccc(CBr)cc2[N+](=O)[O-])C1. The predicted octanol–water partition coefficient (Wildman–Crippen LogP) is 4.12. The molecule has 0 saturated carbocycles. The molecule has 104 valence electrons. The molecule has 19 heavy (non-hydrogen) atoms. The van der Waals surface area contributed by atoms with Crippen LogP contribution >= 0.6 is 15.9 Å². The second kappa shape index (κ2) is 6.37. The van der Waals surface area contributed by atoms with Gasteiger partial charge in [0.15, 0.2) is 0 Å². The summed E-state index contributed by atoms with van der Waals surface area (Å²) in [7, 11) is 0. The fraction of sp³-hybridized carbons (Fsp3) is 0.571. The summed E-state index contributed by atoms with van der Waals surface area (Å²) in [6, 6.07) is 5.54. The number of benzene rings is 1. The van der Waals surface area contributed by atoms with E-state index >= 15 is 0 Å². The van der Waals surface area contributed by atoms with Crippen molar-refractivity contribution in [1.29, 1.82) is 0 Å². The number of nitrogens with zero attached hydrogens (tertiary/aromatic N) is 2. The monoisotopic (exact) mass is 326 g/mol. The Bertz CT molecular complexity index is 465. The zero-order chi connectivity index (χ0) is 13.8. The second-order valence-electron chi connectivity index (χ2n) is 5.08. The second-order valence-corrected chi connectivity index (χ2v) is 5.64. The highest BCUT2D eigenvalue weighted by Gasteiger charge is 2.24. The molecule has 1 unspecified atom stereocenters. The van der Waals surface area contributed by atoms with E-state index in [0.29, 0.717) is 11.2 Å². The zero-order valence-electron chi connectivity index (χ0n) is 11.1. The van der Waals surface area contributed by atoms with Crippen LogP contribution in [0.2, 0.25) is 0 Å². The first-order valence-electron chi connectivity index (χ1n) is 6.74. The molecule has 1 aromatic carbocycles. The summed E-state index contributed by atoms with van der Waals surface area (Å²) in [5.41, 5.74) is 1.95. The largest absolute Gasteiger partial charge is 0.366 e. The molecule has 5 heteroatoms. The Hall–Kier alpha value is -1.10. The third-order valence-electron chi connectivity index (χ3n) is 3.83. The smallest absolute Gasteiger partial charge is 0.292 e. The van der Waals surface area contributed by atoms with Gasteiger partial charge in [-0.05, 0) is 30.4 Å². The number of rotatable bonds is 4. The Morgan fingerprint density at radius 1 is 1.53 bits per heavy atom. The lowest BCUT2D eigenvalue weighted by molar-refractivity contribution is -0.384.